The van der Waals surface area contributed by atoms with Crippen LogP contribution in [0.15, 0.2) is 0 Å². The Morgan fingerprint density at radius 3 is 2.25 bits per heavy atom. The van der Waals surface area contributed by atoms with Gasteiger partial charge in [-0.15, -0.1) is 0 Å². The smallest absolute Gasteiger partial charge is 0.402 e. The molecule has 4 N–H and O–H groups in total. The second kappa shape index (κ2) is 4.66. The van der Waals surface area contributed by atoms with Crippen LogP contribution in [0, 0.1) is 0 Å². The molecule has 0 aliphatic heterocycles. The van der Waals surface area contributed by atoms with Gasteiger partial charge >= 0.3 is 13.5 Å². The lowest BCUT2D eigenvalue weighted by Crippen LogP contribution is -2.33. The molecule has 12 heavy (non-hydrogen) atoms. The third kappa shape index (κ3) is 7.80. The lowest BCUT2D eigenvalue weighted by Gasteiger charge is -2.13. The van der Waals surface area contributed by atoms with Crippen molar-refractivity contribution in [1.82, 2.24) is 0 Å². The van der Waals surface area contributed by atoms with Crippen LogP contribution in [0.3, 0.4) is 0 Å². The molecule has 8 heteroatoms. The van der Waals surface area contributed by atoms with E-state index in [1.807, 2.05) is 0 Å². The van der Waals surface area contributed by atoms with E-state index in [1.165, 1.54) is 0 Å². The third-order valence-corrected chi connectivity index (χ3v) is 1.01. The largest absolute Gasteiger partial charge is 0.635 e. The van der Waals surface area contributed by atoms with Gasteiger partial charge in [-0.2, -0.15) is 13.2 Å². The number of alkyl halides is 3. The van der Waals surface area contributed by atoms with Crippen LogP contribution in [0.4, 0.5) is 13.2 Å². The Kier molecular flexibility index (Phi) is 4.54. The average molecular weight is 187 g/mol. The number of hydrogen-bond acceptors (Lipinski definition) is 4. The van der Waals surface area contributed by atoms with Gasteiger partial charge < -0.3 is 20.4 Å². The Labute approximate surface area is 67.3 Å². The summed E-state index contributed by atoms with van der Waals surface area (Å²) in [5, 5.41) is 16.2. The molecule has 0 heterocycles. The minimum absolute atomic E-state index is 0.499. The highest BCUT2D eigenvalue weighted by Gasteiger charge is 2.28. The van der Waals surface area contributed by atoms with Gasteiger partial charge in [-0.1, -0.05) is 0 Å². The summed E-state index contributed by atoms with van der Waals surface area (Å²) in [6.07, 6.45) is -7.23. The van der Waals surface area contributed by atoms with Crippen molar-refractivity contribution >= 4 is 7.32 Å². The Bertz CT molecular complexity index is 131. The van der Waals surface area contributed by atoms with Crippen LogP contribution in [0.25, 0.3) is 0 Å². The van der Waals surface area contributed by atoms with E-state index >= 15 is 0 Å². The maximum Gasteiger partial charge on any atom is 0.635 e. The molecule has 0 aliphatic carbocycles. The van der Waals surface area contributed by atoms with Gasteiger partial charge in [0.25, 0.3) is 0 Å². The molecule has 1 unspecified atom stereocenters. The fraction of sp³-hybridized carbons (Fsp3) is 1.00. The lowest BCUT2D eigenvalue weighted by molar-refractivity contribution is -0.139. The van der Waals surface area contributed by atoms with E-state index in [-0.39, 0.29) is 0 Å². The van der Waals surface area contributed by atoms with Gasteiger partial charge in [0.1, 0.15) is 0 Å². The SMILES string of the molecule is NC(CCC(F)(F)F)OB(O)O. The van der Waals surface area contributed by atoms with Crippen molar-refractivity contribution in [3.05, 3.63) is 0 Å². The first-order chi connectivity index (χ1) is 5.31. The molecular formula is C4H9BF3NO3. The van der Waals surface area contributed by atoms with Gasteiger partial charge in [0.15, 0.2) is 0 Å². The van der Waals surface area contributed by atoms with Crippen LogP contribution in [0.2, 0.25) is 0 Å². The molecule has 0 aromatic carbocycles. The Hall–Kier alpha value is -0.305. The van der Waals surface area contributed by atoms with Crippen LogP contribution in [0.1, 0.15) is 12.8 Å². The van der Waals surface area contributed by atoms with Gasteiger partial charge in [-0.25, -0.2) is 0 Å². The van der Waals surface area contributed by atoms with Gasteiger partial charge in [0.2, 0.25) is 0 Å². The highest BCUT2D eigenvalue weighted by Crippen LogP contribution is 2.21. The number of hydrogen-bond donors (Lipinski definition) is 3. The van der Waals surface area contributed by atoms with Gasteiger partial charge in [-0.3, -0.25) is 0 Å². The minimum atomic E-state index is -4.30. The van der Waals surface area contributed by atoms with Crippen molar-refractivity contribution in [2.45, 2.75) is 25.2 Å². The molecule has 0 fully saturated rings. The molecule has 4 nitrogen and oxygen atoms in total. The first-order valence-corrected chi connectivity index (χ1v) is 3.15. The predicted molar refractivity (Wildman–Crippen MR) is 34.5 cm³/mol. The maximum absolute atomic E-state index is 11.5. The molecule has 0 bridgehead atoms. The van der Waals surface area contributed by atoms with Crippen molar-refractivity contribution in [2.24, 2.45) is 5.73 Å². The van der Waals surface area contributed by atoms with Crippen LogP contribution in [-0.4, -0.2) is 29.8 Å². The summed E-state index contributed by atoms with van der Waals surface area (Å²) in [7, 11) is -2.13. The maximum atomic E-state index is 11.5. The zero-order valence-corrected chi connectivity index (χ0v) is 6.08. The molecule has 0 rings (SSSR count). The summed E-state index contributed by atoms with van der Waals surface area (Å²) in [4.78, 5) is 0. The second-order valence-electron chi connectivity index (χ2n) is 2.15. The quantitative estimate of drug-likeness (QED) is 0.413. The Balaban J connectivity index is 3.51. The molecule has 0 saturated heterocycles. The summed E-state index contributed by atoms with van der Waals surface area (Å²) in [5.74, 6) is 0. The molecule has 0 spiro atoms. The van der Waals surface area contributed by atoms with Crippen molar-refractivity contribution in [2.75, 3.05) is 0 Å². The average Bonchev–Trinajstić information content (AvgIpc) is 1.80. The van der Waals surface area contributed by atoms with Crippen molar-refractivity contribution in [3.63, 3.8) is 0 Å². The monoisotopic (exact) mass is 187 g/mol. The normalized spacial score (nSPS) is 14.5. The topological polar surface area (TPSA) is 75.7 Å². The first-order valence-electron chi connectivity index (χ1n) is 3.15. The molecule has 0 saturated carbocycles. The fourth-order valence-corrected chi connectivity index (χ4v) is 0.530. The predicted octanol–water partition coefficient (Wildman–Crippen LogP) is -0.400. The van der Waals surface area contributed by atoms with E-state index in [0.717, 1.165) is 0 Å². The molecule has 0 aromatic rings. The number of rotatable bonds is 4. The summed E-state index contributed by atoms with van der Waals surface area (Å²) in [6, 6.07) is 0. The summed E-state index contributed by atoms with van der Waals surface area (Å²) < 4.78 is 38.6. The van der Waals surface area contributed by atoms with E-state index in [2.05, 4.69) is 4.65 Å². The van der Waals surface area contributed by atoms with E-state index in [1.54, 1.807) is 0 Å². The van der Waals surface area contributed by atoms with E-state index in [4.69, 9.17) is 15.8 Å². The van der Waals surface area contributed by atoms with Gasteiger partial charge in [-0.05, 0) is 6.42 Å². The van der Waals surface area contributed by atoms with Crippen molar-refractivity contribution in [1.29, 1.82) is 0 Å². The second-order valence-corrected chi connectivity index (χ2v) is 2.15. The van der Waals surface area contributed by atoms with Crippen molar-refractivity contribution in [3.8, 4) is 0 Å². The summed E-state index contributed by atoms with van der Waals surface area (Å²) >= 11 is 0. The molecule has 0 aromatic heterocycles. The van der Waals surface area contributed by atoms with Gasteiger partial charge in [0.05, 0.1) is 6.23 Å². The Morgan fingerprint density at radius 2 is 1.92 bits per heavy atom. The van der Waals surface area contributed by atoms with Gasteiger partial charge in [0, 0.05) is 6.42 Å². The van der Waals surface area contributed by atoms with Crippen LogP contribution in [0.5, 0.6) is 0 Å². The number of nitrogens with two attached hydrogens (primary N) is 1. The molecule has 72 valence electrons. The molecule has 0 radical (unpaired) electrons. The van der Waals surface area contributed by atoms with Crippen molar-refractivity contribution < 1.29 is 27.9 Å². The summed E-state index contributed by atoms with van der Waals surface area (Å²) in [6.45, 7) is 0. The molecule has 1 atom stereocenters. The Morgan fingerprint density at radius 1 is 1.42 bits per heavy atom. The number of halogens is 3. The zero-order chi connectivity index (χ0) is 9.78. The van der Waals surface area contributed by atoms with E-state index < -0.39 is 32.6 Å². The van der Waals surface area contributed by atoms with Crippen LogP contribution < -0.4 is 5.73 Å². The summed E-state index contributed by atoms with van der Waals surface area (Å²) in [5.41, 5.74) is 4.94. The van der Waals surface area contributed by atoms with E-state index in [9.17, 15) is 13.2 Å². The first kappa shape index (κ1) is 11.7. The zero-order valence-electron chi connectivity index (χ0n) is 6.08. The minimum Gasteiger partial charge on any atom is -0.402 e. The molecular weight excluding hydrogens is 178 g/mol. The molecule has 0 amide bonds. The highest BCUT2D eigenvalue weighted by molar-refractivity contribution is 6.32. The van der Waals surface area contributed by atoms with Crippen LogP contribution >= 0.6 is 0 Å². The van der Waals surface area contributed by atoms with Crippen LogP contribution in [-0.2, 0) is 4.65 Å². The fourth-order valence-electron chi connectivity index (χ4n) is 0.530. The third-order valence-electron chi connectivity index (χ3n) is 1.01. The lowest BCUT2D eigenvalue weighted by atomic mass is 10.2. The molecule has 0 aliphatic rings. The van der Waals surface area contributed by atoms with E-state index in [0.29, 0.717) is 0 Å². The standard InChI is InChI=1S/C4H9BF3NO3/c6-4(7,8)2-1-3(9)12-5(10)11/h3,10-11H,1-2,9H2. The highest BCUT2D eigenvalue weighted by atomic mass is 19.4.